The van der Waals surface area contributed by atoms with Crippen LogP contribution < -0.4 is 5.73 Å². The average molecular weight is 204 g/mol. The number of nitrogens with zero attached hydrogens (tertiary/aromatic N) is 1. The van der Waals surface area contributed by atoms with E-state index in [0.29, 0.717) is 11.5 Å². The number of amides is 1. The second-order valence-electron chi connectivity index (χ2n) is 4.38. The minimum Gasteiger partial charge on any atom is -0.366 e. The van der Waals surface area contributed by atoms with Crippen molar-refractivity contribution in [3.63, 3.8) is 0 Å². The summed E-state index contributed by atoms with van der Waals surface area (Å²) in [6.07, 6.45) is 4.86. The molecule has 15 heavy (non-hydrogen) atoms. The van der Waals surface area contributed by atoms with Crippen LogP contribution >= 0.6 is 0 Å². The summed E-state index contributed by atoms with van der Waals surface area (Å²) in [5.74, 6) is -0.0248. The summed E-state index contributed by atoms with van der Waals surface area (Å²) in [4.78, 5) is 15.6. The van der Waals surface area contributed by atoms with Crippen LogP contribution in [0.25, 0.3) is 0 Å². The van der Waals surface area contributed by atoms with Crippen LogP contribution in [0.2, 0.25) is 0 Å². The van der Waals surface area contributed by atoms with Gasteiger partial charge in [0.25, 0.3) is 5.91 Å². The van der Waals surface area contributed by atoms with Gasteiger partial charge in [-0.25, -0.2) is 0 Å². The zero-order valence-electron chi connectivity index (χ0n) is 9.21. The van der Waals surface area contributed by atoms with Gasteiger partial charge in [0.05, 0.1) is 5.56 Å². The van der Waals surface area contributed by atoms with Crippen molar-refractivity contribution in [1.82, 2.24) is 4.98 Å². The van der Waals surface area contributed by atoms with Crippen molar-refractivity contribution >= 4 is 5.91 Å². The summed E-state index contributed by atoms with van der Waals surface area (Å²) in [6, 6.07) is 0. The summed E-state index contributed by atoms with van der Waals surface area (Å²) >= 11 is 0. The molecular weight excluding hydrogens is 188 g/mol. The fourth-order valence-electron chi connectivity index (χ4n) is 2.39. The van der Waals surface area contributed by atoms with Crippen molar-refractivity contribution in [1.29, 1.82) is 0 Å². The predicted octanol–water partition coefficient (Wildman–Crippen LogP) is 1.79. The van der Waals surface area contributed by atoms with E-state index < -0.39 is 0 Å². The lowest BCUT2D eigenvalue weighted by Crippen LogP contribution is -2.17. The first-order chi connectivity index (χ1) is 7.11. The monoisotopic (exact) mass is 204 g/mol. The van der Waals surface area contributed by atoms with Crippen molar-refractivity contribution in [2.75, 3.05) is 0 Å². The molecule has 0 spiro atoms. The maximum Gasteiger partial charge on any atom is 0.250 e. The van der Waals surface area contributed by atoms with E-state index in [1.807, 2.05) is 0 Å². The lowest BCUT2D eigenvalue weighted by atomic mass is 9.92. The molecule has 3 nitrogen and oxygen atoms in total. The number of carbonyl (C=O) groups is 1. The third kappa shape index (κ3) is 1.62. The van der Waals surface area contributed by atoms with Gasteiger partial charge in [0.15, 0.2) is 0 Å². The molecule has 80 valence electrons. The number of hydrogen-bond donors (Lipinski definition) is 1. The Morgan fingerprint density at radius 1 is 1.47 bits per heavy atom. The van der Waals surface area contributed by atoms with Gasteiger partial charge in [-0.1, -0.05) is 13.8 Å². The Bertz CT molecular complexity index is 410. The first-order valence-corrected chi connectivity index (χ1v) is 5.41. The summed E-state index contributed by atoms with van der Waals surface area (Å²) in [5, 5.41) is 0. The quantitative estimate of drug-likeness (QED) is 0.798. The Morgan fingerprint density at radius 2 is 2.20 bits per heavy atom. The van der Waals surface area contributed by atoms with Crippen LogP contribution in [0, 0.1) is 0 Å². The zero-order chi connectivity index (χ0) is 11.0. The number of hydrogen-bond acceptors (Lipinski definition) is 2. The molecule has 1 aliphatic rings. The SMILES string of the molecule is CC(C)c1c(C(N)=O)cnc2c1CCC2. The molecule has 1 heterocycles. The van der Waals surface area contributed by atoms with Gasteiger partial charge in [-0.05, 0) is 36.3 Å². The second kappa shape index (κ2) is 3.65. The largest absolute Gasteiger partial charge is 0.366 e. The maximum atomic E-state index is 11.3. The van der Waals surface area contributed by atoms with Gasteiger partial charge in [-0.3, -0.25) is 9.78 Å². The summed E-state index contributed by atoms with van der Waals surface area (Å²) in [7, 11) is 0. The lowest BCUT2D eigenvalue weighted by Gasteiger charge is -2.14. The van der Waals surface area contributed by atoms with Crippen LogP contribution in [0.4, 0.5) is 0 Å². The molecule has 2 rings (SSSR count). The van der Waals surface area contributed by atoms with Gasteiger partial charge in [0, 0.05) is 11.9 Å². The number of primary amides is 1. The van der Waals surface area contributed by atoms with E-state index in [1.54, 1.807) is 6.20 Å². The smallest absolute Gasteiger partial charge is 0.250 e. The summed E-state index contributed by atoms with van der Waals surface area (Å²) < 4.78 is 0. The molecule has 0 aliphatic heterocycles. The lowest BCUT2D eigenvalue weighted by molar-refractivity contribution is 0.0998. The van der Waals surface area contributed by atoms with Crippen LogP contribution in [0.15, 0.2) is 6.20 Å². The van der Waals surface area contributed by atoms with E-state index in [4.69, 9.17) is 5.73 Å². The molecule has 3 heteroatoms. The van der Waals surface area contributed by atoms with Gasteiger partial charge in [0.2, 0.25) is 0 Å². The van der Waals surface area contributed by atoms with Crippen molar-refractivity contribution in [3.05, 3.63) is 28.6 Å². The Morgan fingerprint density at radius 3 is 2.80 bits per heavy atom. The number of pyridine rings is 1. The van der Waals surface area contributed by atoms with Gasteiger partial charge in [0.1, 0.15) is 0 Å². The molecule has 1 aromatic rings. The number of nitrogens with two attached hydrogens (primary N) is 1. The standard InChI is InChI=1S/C12H16N2O/c1-7(2)11-8-4-3-5-10(8)14-6-9(11)12(13)15/h6-7H,3-5H2,1-2H3,(H2,13,15). The van der Waals surface area contributed by atoms with E-state index >= 15 is 0 Å². The molecule has 0 fully saturated rings. The van der Waals surface area contributed by atoms with Crippen LogP contribution in [0.1, 0.15) is 53.4 Å². The molecule has 1 aliphatic carbocycles. The van der Waals surface area contributed by atoms with E-state index in [2.05, 4.69) is 18.8 Å². The molecule has 0 bridgehead atoms. The van der Waals surface area contributed by atoms with Crippen LogP contribution in [0.5, 0.6) is 0 Å². The van der Waals surface area contributed by atoms with E-state index in [1.165, 1.54) is 5.56 Å². The Balaban J connectivity index is 2.63. The minimum absolute atomic E-state index is 0.336. The molecular formula is C12H16N2O. The summed E-state index contributed by atoms with van der Waals surface area (Å²) in [6.45, 7) is 4.20. The second-order valence-corrected chi connectivity index (χ2v) is 4.38. The highest BCUT2D eigenvalue weighted by atomic mass is 16.1. The van der Waals surface area contributed by atoms with E-state index in [0.717, 1.165) is 30.5 Å². The van der Waals surface area contributed by atoms with Crippen molar-refractivity contribution in [3.8, 4) is 0 Å². The zero-order valence-corrected chi connectivity index (χ0v) is 9.21. The number of rotatable bonds is 2. The average Bonchev–Trinajstić information content (AvgIpc) is 2.62. The molecule has 0 aromatic carbocycles. The molecule has 1 amide bonds. The third-order valence-electron chi connectivity index (χ3n) is 3.00. The number of carbonyl (C=O) groups excluding carboxylic acids is 1. The van der Waals surface area contributed by atoms with Crippen molar-refractivity contribution < 1.29 is 4.79 Å². The van der Waals surface area contributed by atoms with E-state index in [9.17, 15) is 4.79 Å². The fourth-order valence-corrected chi connectivity index (χ4v) is 2.39. The highest BCUT2D eigenvalue weighted by molar-refractivity contribution is 5.94. The van der Waals surface area contributed by atoms with Gasteiger partial charge in [-0.15, -0.1) is 0 Å². The molecule has 0 saturated heterocycles. The molecule has 0 saturated carbocycles. The number of fused-ring (bicyclic) bond motifs is 1. The molecule has 0 atom stereocenters. The Labute approximate surface area is 89.7 Å². The first kappa shape index (κ1) is 10.1. The van der Waals surface area contributed by atoms with Gasteiger partial charge in [-0.2, -0.15) is 0 Å². The van der Waals surface area contributed by atoms with Crippen LogP contribution in [-0.4, -0.2) is 10.9 Å². The maximum absolute atomic E-state index is 11.3. The van der Waals surface area contributed by atoms with Crippen molar-refractivity contribution in [2.24, 2.45) is 5.73 Å². The highest BCUT2D eigenvalue weighted by Gasteiger charge is 2.22. The normalized spacial score (nSPS) is 14.3. The van der Waals surface area contributed by atoms with Gasteiger partial charge < -0.3 is 5.73 Å². The topological polar surface area (TPSA) is 56.0 Å². The van der Waals surface area contributed by atoms with Crippen LogP contribution in [-0.2, 0) is 12.8 Å². The molecule has 0 radical (unpaired) electrons. The van der Waals surface area contributed by atoms with Gasteiger partial charge >= 0.3 is 0 Å². The Hall–Kier alpha value is -1.38. The number of aromatic nitrogens is 1. The molecule has 0 unspecified atom stereocenters. The predicted molar refractivity (Wildman–Crippen MR) is 58.9 cm³/mol. The minimum atomic E-state index is -0.360. The summed E-state index contributed by atoms with van der Waals surface area (Å²) in [5.41, 5.74) is 9.51. The van der Waals surface area contributed by atoms with Crippen LogP contribution in [0.3, 0.4) is 0 Å². The fraction of sp³-hybridized carbons (Fsp3) is 0.500. The number of aryl methyl sites for hydroxylation is 1. The van der Waals surface area contributed by atoms with E-state index in [-0.39, 0.29) is 5.91 Å². The molecule has 2 N–H and O–H groups in total. The highest BCUT2D eigenvalue weighted by Crippen LogP contribution is 2.30. The Kier molecular flexibility index (Phi) is 2.47. The first-order valence-electron chi connectivity index (χ1n) is 5.41. The third-order valence-corrected chi connectivity index (χ3v) is 3.00. The molecule has 1 aromatic heterocycles. The van der Waals surface area contributed by atoms with Crippen molar-refractivity contribution in [2.45, 2.75) is 39.0 Å².